The summed E-state index contributed by atoms with van der Waals surface area (Å²) >= 11 is 6.24. The molecule has 7 heteroatoms. The maximum atomic E-state index is 13.4. The number of carbonyl (C=O) groups excluding carboxylic acids is 2. The van der Waals surface area contributed by atoms with Gasteiger partial charge in [0.25, 0.3) is 0 Å². The third-order valence-electron chi connectivity index (χ3n) is 4.61. The van der Waals surface area contributed by atoms with E-state index in [2.05, 4.69) is 10.6 Å². The van der Waals surface area contributed by atoms with Gasteiger partial charge >= 0.3 is 6.03 Å². The van der Waals surface area contributed by atoms with Gasteiger partial charge in [-0.05, 0) is 54.4 Å². The summed E-state index contributed by atoms with van der Waals surface area (Å²) in [6, 6.07) is 21.6. The molecule has 1 unspecified atom stereocenters. The van der Waals surface area contributed by atoms with E-state index in [4.69, 9.17) is 11.6 Å². The number of urea groups is 1. The van der Waals surface area contributed by atoms with Crippen LogP contribution >= 0.6 is 11.6 Å². The maximum Gasteiger partial charge on any atom is 0.326 e. The minimum atomic E-state index is -0.832. The van der Waals surface area contributed by atoms with Crippen molar-refractivity contribution >= 4 is 34.9 Å². The number of benzene rings is 3. The number of halogens is 2. The highest BCUT2D eigenvalue weighted by Gasteiger charge is 2.19. The predicted molar refractivity (Wildman–Crippen MR) is 122 cm³/mol. The minimum Gasteiger partial charge on any atom is -0.353 e. The van der Waals surface area contributed by atoms with Gasteiger partial charge in [-0.1, -0.05) is 42.5 Å². The molecule has 0 bridgehead atoms. The summed E-state index contributed by atoms with van der Waals surface area (Å²) in [5.74, 6) is -0.755. The van der Waals surface area contributed by atoms with Crippen molar-refractivity contribution in [3.05, 3.63) is 95.8 Å². The molecule has 5 nitrogen and oxygen atoms in total. The van der Waals surface area contributed by atoms with Gasteiger partial charge in [-0.3, -0.25) is 9.69 Å². The average molecular weight is 440 g/mol. The van der Waals surface area contributed by atoms with Crippen LogP contribution in [0, 0.1) is 12.7 Å². The third kappa shape index (κ3) is 6.30. The van der Waals surface area contributed by atoms with Gasteiger partial charge < -0.3 is 10.6 Å². The van der Waals surface area contributed by atoms with Gasteiger partial charge in [0.15, 0.2) is 0 Å². The summed E-state index contributed by atoms with van der Waals surface area (Å²) in [5.41, 5.74) is 2.85. The fraction of sp³-hybridized carbons (Fsp3) is 0.167. The smallest absolute Gasteiger partial charge is 0.326 e. The summed E-state index contributed by atoms with van der Waals surface area (Å²) in [5, 5.41) is 4.76. The first-order valence-corrected chi connectivity index (χ1v) is 10.2. The standard InChI is InChI=1S/C24H23ClFN3O2/c1-17-6-5-9-20(16-17)28-24(31)29(21-12-10-19(26)11-13-21)15-14-27-23(30)22(25)18-7-3-2-4-8-18/h2-13,16,22H,14-15H2,1H3,(H,27,30)(H,28,31). The van der Waals surface area contributed by atoms with Crippen LogP contribution in [-0.4, -0.2) is 25.0 Å². The van der Waals surface area contributed by atoms with Gasteiger partial charge in [-0.2, -0.15) is 0 Å². The number of carbonyl (C=O) groups is 2. The molecule has 0 heterocycles. The fourth-order valence-electron chi connectivity index (χ4n) is 3.04. The topological polar surface area (TPSA) is 61.4 Å². The number of anilines is 2. The molecule has 0 aliphatic rings. The zero-order valence-electron chi connectivity index (χ0n) is 17.0. The van der Waals surface area contributed by atoms with Crippen LogP contribution in [0.4, 0.5) is 20.6 Å². The van der Waals surface area contributed by atoms with Crippen LogP contribution < -0.4 is 15.5 Å². The van der Waals surface area contributed by atoms with Crippen molar-refractivity contribution in [3.8, 4) is 0 Å². The van der Waals surface area contributed by atoms with E-state index in [0.29, 0.717) is 16.9 Å². The van der Waals surface area contributed by atoms with Gasteiger partial charge in [-0.25, -0.2) is 9.18 Å². The highest BCUT2D eigenvalue weighted by atomic mass is 35.5. The summed E-state index contributed by atoms with van der Waals surface area (Å²) in [4.78, 5) is 26.8. The first-order chi connectivity index (χ1) is 14.9. The molecule has 1 atom stereocenters. The monoisotopic (exact) mass is 439 g/mol. The summed E-state index contributed by atoms with van der Waals surface area (Å²) in [6.07, 6.45) is 0. The molecule has 160 valence electrons. The molecule has 0 spiro atoms. The van der Waals surface area contributed by atoms with Crippen molar-refractivity contribution in [2.24, 2.45) is 0 Å². The Morgan fingerprint density at radius 1 is 1.00 bits per heavy atom. The molecule has 3 rings (SSSR count). The Balaban J connectivity index is 1.67. The predicted octanol–water partition coefficient (Wildman–Crippen LogP) is 5.27. The molecular weight excluding hydrogens is 417 g/mol. The van der Waals surface area contributed by atoms with Gasteiger partial charge in [0, 0.05) is 24.5 Å². The number of nitrogens with zero attached hydrogens (tertiary/aromatic N) is 1. The molecule has 0 radical (unpaired) electrons. The van der Waals surface area contributed by atoms with E-state index in [1.54, 1.807) is 18.2 Å². The second-order valence-electron chi connectivity index (χ2n) is 6.99. The Bertz CT molecular complexity index is 1030. The molecule has 3 aromatic rings. The number of aryl methyl sites for hydroxylation is 1. The van der Waals surface area contributed by atoms with Crippen molar-refractivity contribution in [3.63, 3.8) is 0 Å². The molecular formula is C24H23ClFN3O2. The van der Waals surface area contributed by atoms with Gasteiger partial charge in [0.05, 0.1) is 0 Å². The Morgan fingerprint density at radius 3 is 2.39 bits per heavy atom. The highest BCUT2D eigenvalue weighted by molar-refractivity contribution is 6.30. The fourth-order valence-corrected chi connectivity index (χ4v) is 3.26. The summed E-state index contributed by atoms with van der Waals surface area (Å²) in [6.45, 7) is 2.28. The molecule has 0 aliphatic heterocycles. The van der Waals surface area contributed by atoms with Crippen LogP contribution in [-0.2, 0) is 4.79 Å². The third-order valence-corrected chi connectivity index (χ3v) is 5.06. The van der Waals surface area contributed by atoms with E-state index in [1.807, 2.05) is 43.3 Å². The molecule has 0 aromatic heterocycles. The zero-order valence-corrected chi connectivity index (χ0v) is 17.8. The molecule has 2 N–H and O–H groups in total. The number of alkyl halides is 1. The SMILES string of the molecule is Cc1cccc(NC(=O)N(CCNC(=O)C(Cl)c2ccccc2)c2ccc(F)cc2)c1. The lowest BCUT2D eigenvalue weighted by atomic mass is 10.1. The molecule has 3 aromatic carbocycles. The lowest BCUT2D eigenvalue weighted by Crippen LogP contribution is -2.41. The molecule has 0 fully saturated rings. The van der Waals surface area contributed by atoms with Crippen LogP contribution in [0.25, 0.3) is 0 Å². The lowest BCUT2D eigenvalue weighted by Gasteiger charge is -2.24. The summed E-state index contributed by atoms with van der Waals surface area (Å²) in [7, 11) is 0. The van der Waals surface area contributed by atoms with Gasteiger partial charge in [0.1, 0.15) is 11.2 Å². The van der Waals surface area contributed by atoms with Crippen LogP contribution in [0.15, 0.2) is 78.9 Å². The van der Waals surface area contributed by atoms with E-state index in [-0.39, 0.29) is 19.0 Å². The largest absolute Gasteiger partial charge is 0.353 e. The van der Waals surface area contributed by atoms with E-state index >= 15 is 0 Å². The van der Waals surface area contributed by atoms with Gasteiger partial charge in [-0.15, -0.1) is 11.6 Å². The quantitative estimate of drug-likeness (QED) is 0.493. The Labute approximate surface area is 185 Å². The van der Waals surface area contributed by atoms with Crippen molar-refractivity contribution < 1.29 is 14.0 Å². The number of nitrogens with one attached hydrogen (secondary N) is 2. The summed E-state index contributed by atoms with van der Waals surface area (Å²) < 4.78 is 13.4. The van der Waals surface area contributed by atoms with Crippen LogP contribution in [0.2, 0.25) is 0 Å². The maximum absolute atomic E-state index is 13.4. The van der Waals surface area contributed by atoms with Crippen molar-refractivity contribution in [1.82, 2.24) is 5.32 Å². The lowest BCUT2D eigenvalue weighted by molar-refractivity contribution is -0.120. The molecule has 31 heavy (non-hydrogen) atoms. The Kier molecular flexibility index (Phi) is 7.62. The number of hydrogen-bond acceptors (Lipinski definition) is 2. The second-order valence-corrected chi connectivity index (χ2v) is 7.43. The van der Waals surface area contributed by atoms with E-state index in [0.717, 1.165) is 5.56 Å². The second kappa shape index (κ2) is 10.6. The van der Waals surface area contributed by atoms with Crippen molar-refractivity contribution in [2.75, 3.05) is 23.3 Å². The van der Waals surface area contributed by atoms with Crippen LogP contribution in [0.5, 0.6) is 0 Å². The number of rotatable bonds is 7. The minimum absolute atomic E-state index is 0.174. The zero-order chi connectivity index (χ0) is 22.2. The highest BCUT2D eigenvalue weighted by Crippen LogP contribution is 2.20. The molecule has 0 saturated carbocycles. The average Bonchev–Trinajstić information content (AvgIpc) is 2.77. The molecule has 0 aliphatic carbocycles. The van der Waals surface area contributed by atoms with Crippen molar-refractivity contribution in [1.29, 1.82) is 0 Å². The Hall–Kier alpha value is -3.38. The number of hydrogen-bond donors (Lipinski definition) is 2. The van der Waals surface area contributed by atoms with Crippen LogP contribution in [0.3, 0.4) is 0 Å². The Morgan fingerprint density at radius 2 is 1.71 bits per heavy atom. The number of amides is 3. The van der Waals surface area contributed by atoms with Crippen LogP contribution in [0.1, 0.15) is 16.5 Å². The van der Waals surface area contributed by atoms with E-state index in [1.165, 1.54) is 29.2 Å². The van der Waals surface area contributed by atoms with E-state index in [9.17, 15) is 14.0 Å². The molecule has 0 saturated heterocycles. The first-order valence-electron chi connectivity index (χ1n) is 9.81. The molecule has 3 amide bonds. The normalized spacial score (nSPS) is 11.5. The first kappa shape index (κ1) is 22.3. The van der Waals surface area contributed by atoms with Gasteiger partial charge in [0.2, 0.25) is 5.91 Å². The van der Waals surface area contributed by atoms with E-state index < -0.39 is 17.2 Å². The van der Waals surface area contributed by atoms with Crippen molar-refractivity contribution in [2.45, 2.75) is 12.3 Å².